The van der Waals surface area contributed by atoms with Crippen LogP contribution in [0.3, 0.4) is 0 Å². The van der Waals surface area contributed by atoms with E-state index in [0.29, 0.717) is 0 Å². The van der Waals surface area contributed by atoms with Gasteiger partial charge in [0.2, 0.25) is 0 Å². The minimum atomic E-state index is 0.0577. The zero-order valence-electron chi connectivity index (χ0n) is 13.7. The van der Waals surface area contributed by atoms with Crippen molar-refractivity contribution in [3.8, 4) is 11.1 Å². The normalized spacial score (nSPS) is 15.1. The van der Waals surface area contributed by atoms with Crippen molar-refractivity contribution in [2.45, 2.75) is 26.2 Å². The molecule has 0 bridgehead atoms. The van der Waals surface area contributed by atoms with Crippen LogP contribution in [0.4, 0.5) is 0 Å². The van der Waals surface area contributed by atoms with Crippen LogP contribution in [-0.2, 0) is 5.41 Å². The molecule has 0 fully saturated rings. The molecule has 1 aromatic heterocycles. The highest BCUT2D eigenvalue weighted by atomic mass is 14.7. The van der Waals surface area contributed by atoms with Crippen LogP contribution in [0.25, 0.3) is 32.9 Å². The predicted octanol–water partition coefficient (Wildman–Crippen LogP) is 5.94. The van der Waals surface area contributed by atoms with Crippen molar-refractivity contribution in [2.24, 2.45) is 0 Å². The van der Waals surface area contributed by atoms with Crippen LogP contribution >= 0.6 is 0 Å². The average molecular weight is 297 g/mol. The van der Waals surface area contributed by atoms with Crippen molar-refractivity contribution in [2.75, 3.05) is 0 Å². The molecule has 0 radical (unpaired) electrons. The van der Waals surface area contributed by atoms with Gasteiger partial charge in [-0.2, -0.15) is 0 Å². The first-order valence-corrected chi connectivity index (χ1v) is 8.23. The number of hydrogen-bond acceptors (Lipinski definition) is 0. The van der Waals surface area contributed by atoms with Gasteiger partial charge < -0.3 is 4.98 Å². The molecule has 1 N–H and O–H groups in total. The summed E-state index contributed by atoms with van der Waals surface area (Å²) in [5.41, 5.74) is 9.57. The number of hydrogen-bond donors (Lipinski definition) is 1. The van der Waals surface area contributed by atoms with Gasteiger partial charge in [-0.1, -0.05) is 62.4 Å². The van der Waals surface area contributed by atoms with Gasteiger partial charge in [0.05, 0.1) is 5.52 Å². The first-order chi connectivity index (χ1) is 11.1. The van der Waals surface area contributed by atoms with Gasteiger partial charge in [0.15, 0.2) is 0 Å². The second kappa shape index (κ2) is 4.05. The van der Waals surface area contributed by atoms with Gasteiger partial charge in [-0.3, -0.25) is 0 Å². The number of benzene rings is 3. The van der Waals surface area contributed by atoms with Crippen LogP contribution in [0.2, 0.25) is 0 Å². The summed E-state index contributed by atoms with van der Waals surface area (Å²) in [6, 6.07) is 19.9. The predicted molar refractivity (Wildman–Crippen MR) is 98.1 cm³/mol. The quantitative estimate of drug-likeness (QED) is 0.413. The minimum absolute atomic E-state index is 0.0577. The third-order valence-corrected chi connectivity index (χ3v) is 5.52. The van der Waals surface area contributed by atoms with E-state index < -0.39 is 0 Å². The monoisotopic (exact) mass is 297 g/mol. The Bertz CT molecular complexity index is 1100. The Hall–Kier alpha value is -2.54. The number of aryl methyl sites for hydroxylation is 1. The van der Waals surface area contributed by atoms with Crippen molar-refractivity contribution in [3.05, 3.63) is 71.3 Å². The number of H-pyrrole nitrogens is 1. The number of aromatic nitrogens is 1. The molecule has 1 nitrogen and oxygen atoms in total. The molecule has 0 spiro atoms. The molecule has 0 saturated heterocycles. The fraction of sp³-hybridized carbons (Fsp3) is 0.182. The van der Waals surface area contributed by atoms with Gasteiger partial charge in [-0.25, -0.2) is 0 Å². The highest BCUT2D eigenvalue weighted by Crippen LogP contribution is 2.52. The maximum Gasteiger partial charge on any atom is 0.0550 e. The average Bonchev–Trinajstić information content (AvgIpc) is 3.03. The highest BCUT2D eigenvalue weighted by Gasteiger charge is 2.37. The van der Waals surface area contributed by atoms with Crippen molar-refractivity contribution < 1.29 is 0 Å². The van der Waals surface area contributed by atoms with Gasteiger partial charge in [0.1, 0.15) is 0 Å². The summed E-state index contributed by atoms with van der Waals surface area (Å²) in [6.07, 6.45) is 0. The van der Waals surface area contributed by atoms with E-state index in [1.165, 1.54) is 49.6 Å². The van der Waals surface area contributed by atoms with E-state index in [-0.39, 0.29) is 5.41 Å². The van der Waals surface area contributed by atoms with E-state index in [2.05, 4.69) is 80.4 Å². The lowest BCUT2D eigenvalue weighted by Crippen LogP contribution is -2.15. The molecule has 112 valence electrons. The molecule has 1 aliphatic rings. The summed E-state index contributed by atoms with van der Waals surface area (Å²) in [5, 5.41) is 2.69. The Balaban J connectivity index is 2.05. The zero-order chi connectivity index (χ0) is 15.8. The van der Waals surface area contributed by atoms with E-state index in [0.717, 1.165) is 0 Å². The molecule has 0 aliphatic heterocycles. The molecule has 0 atom stereocenters. The largest absolute Gasteiger partial charge is 0.354 e. The molecule has 1 aliphatic carbocycles. The molecular weight excluding hydrogens is 278 g/mol. The fourth-order valence-corrected chi connectivity index (χ4v) is 4.40. The number of rotatable bonds is 0. The van der Waals surface area contributed by atoms with Gasteiger partial charge in [0, 0.05) is 27.3 Å². The third-order valence-electron chi connectivity index (χ3n) is 5.52. The Morgan fingerprint density at radius 2 is 1.61 bits per heavy atom. The molecule has 1 heteroatoms. The van der Waals surface area contributed by atoms with Crippen molar-refractivity contribution >= 4 is 21.8 Å². The van der Waals surface area contributed by atoms with Crippen molar-refractivity contribution in [3.63, 3.8) is 0 Å². The summed E-state index contributed by atoms with van der Waals surface area (Å²) >= 11 is 0. The van der Waals surface area contributed by atoms with E-state index in [4.69, 9.17) is 0 Å². The molecule has 5 rings (SSSR count). The van der Waals surface area contributed by atoms with Gasteiger partial charge in [-0.05, 0) is 35.2 Å². The standard InChI is InChI=1S/C22H19N/c1-13-12-17-20(14-8-4-6-10-16(14)22(17,2)3)21-19(13)15-9-5-7-11-18(15)23-21/h4-12,23H,1-3H3. The van der Waals surface area contributed by atoms with Crippen LogP contribution in [0.15, 0.2) is 54.6 Å². The summed E-state index contributed by atoms with van der Waals surface area (Å²) in [7, 11) is 0. The molecular formula is C22H19N. The maximum atomic E-state index is 3.70. The number of para-hydroxylation sites is 1. The number of nitrogens with one attached hydrogen (secondary N) is 1. The van der Waals surface area contributed by atoms with Gasteiger partial charge >= 0.3 is 0 Å². The summed E-state index contributed by atoms with van der Waals surface area (Å²) in [4.78, 5) is 3.70. The first kappa shape index (κ1) is 13.0. The molecule has 0 amide bonds. The van der Waals surface area contributed by atoms with E-state index in [1.807, 2.05) is 0 Å². The third kappa shape index (κ3) is 1.47. The summed E-state index contributed by atoms with van der Waals surface area (Å²) < 4.78 is 0. The van der Waals surface area contributed by atoms with Crippen LogP contribution in [0.5, 0.6) is 0 Å². The molecule has 3 aromatic carbocycles. The topological polar surface area (TPSA) is 15.8 Å². The van der Waals surface area contributed by atoms with Crippen LogP contribution in [-0.4, -0.2) is 4.98 Å². The van der Waals surface area contributed by atoms with Gasteiger partial charge in [-0.15, -0.1) is 0 Å². The van der Waals surface area contributed by atoms with Crippen LogP contribution in [0.1, 0.15) is 30.5 Å². The minimum Gasteiger partial charge on any atom is -0.354 e. The second-order valence-electron chi connectivity index (χ2n) is 7.21. The smallest absolute Gasteiger partial charge is 0.0550 e. The molecule has 4 aromatic rings. The molecule has 23 heavy (non-hydrogen) atoms. The Kier molecular flexibility index (Phi) is 2.28. The van der Waals surface area contributed by atoms with Crippen LogP contribution < -0.4 is 0 Å². The van der Waals surface area contributed by atoms with Crippen molar-refractivity contribution in [1.29, 1.82) is 0 Å². The number of aromatic amines is 1. The lowest BCUT2D eigenvalue weighted by atomic mass is 9.81. The lowest BCUT2D eigenvalue weighted by molar-refractivity contribution is 0.660. The van der Waals surface area contributed by atoms with Gasteiger partial charge in [0.25, 0.3) is 0 Å². The maximum absolute atomic E-state index is 3.70. The highest BCUT2D eigenvalue weighted by molar-refractivity contribution is 6.15. The Labute approximate surface area is 136 Å². The van der Waals surface area contributed by atoms with E-state index in [1.54, 1.807) is 0 Å². The second-order valence-corrected chi connectivity index (χ2v) is 7.21. The first-order valence-electron chi connectivity index (χ1n) is 8.23. The molecule has 0 saturated carbocycles. The SMILES string of the molecule is Cc1cc2c(c3[nH]c4ccccc4c13)-c1ccccc1C2(C)C. The van der Waals surface area contributed by atoms with E-state index >= 15 is 0 Å². The Morgan fingerprint density at radius 3 is 2.48 bits per heavy atom. The van der Waals surface area contributed by atoms with E-state index in [9.17, 15) is 0 Å². The molecule has 1 heterocycles. The summed E-state index contributed by atoms with van der Waals surface area (Å²) in [6.45, 7) is 6.92. The van der Waals surface area contributed by atoms with Crippen LogP contribution in [0, 0.1) is 6.92 Å². The fourth-order valence-electron chi connectivity index (χ4n) is 4.40. The molecule has 0 unspecified atom stereocenters. The lowest BCUT2D eigenvalue weighted by Gasteiger charge is -2.21. The number of fused-ring (bicyclic) bond motifs is 7. The van der Waals surface area contributed by atoms with Crippen molar-refractivity contribution in [1.82, 2.24) is 4.98 Å². The Morgan fingerprint density at radius 1 is 0.870 bits per heavy atom. The summed E-state index contributed by atoms with van der Waals surface area (Å²) in [5.74, 6) is 0. The zero-order valence-corrected chi connectivity index (χ0v) is 13.7.